The van der Waals surface area contributed by atoms with Gasteiger partial charge in [0.2, 0.25) is 10.0 Å². The minimum absolute atomic E-state index is 0.0892. The summed E-state index contributed by atoms with van der Waals surface area (Å²) in [6.45, 7) is 0.336. The van der Waals surface area contributed by atoms with Gasteiger partial charge >= 0.3 is 0 Å². The van der Waals surface area contributed by atoms with E-state index in [4.69, 9.17) is 4.52 Å². The Hall–Kier alpha value is -1.78. The van der Waals surface area contributed by atoms with Crippen LogP contribution in [0, 0.1) is 5.82 Å². The maximum atomic E-state index is 13.3. The average Bonchev–Trinajstić information content (AvgIpc) is 3.22. The van der Waals surface area contributed by atoms with Crippen LogP contribution in [0.1, 0.15) is 43.8 Å². The SMILES string of the molecule is O=S1(=O)CC[C@@H](S(=O)(=O)N2CCCCC[C@H]2c2cc(-c3ccc(F)cc3)on2)C1. The lowest BCUT2D eigenvalue weighted by molar-refractivity contribution is 0.305. The molecule has 3 heterocycles. The van der Waals surface area contributed by atoms with Gasteiger partial charge in [0.05, 0.1) is 22.8 Å². The molecule has 0 N–H and O–H groups in total. The van der Waals surface area contributed by atoms with Crippen LogP contribution in [0.2, 0.25) is 0 Å². The Morgan fingerprint density at radius 3 is 2.55 bits per heavy atom. The lowest BCUT2D eigenvalue weighted by atomic mass is 10.1. The van der Waals surface area contributed by atoms with E-state index in [-0.39, 0.29) is 23.7 Å². The molecule has 2 atom stereocenters. The average molecular weight is 443 g/mol. The molecule has 0 amide bonds. The van der Waals surface area contributed by atoms with Crippen LogP contribution in [0.3, 0.4) is 0 Å². The van der Waals surface area contributed by atoms with E-state index in [1.165, 1.54) is 16.4 Å². The Morgan fingerprint density at radius 2 is 1.86 bits per heavy atom. The second-order valence-electron chi connectivity index (χ2n) is 7.67. The second-order valence-corrected chi connectivity index (χ2v) is 12.1. The quantitative estimate of drug-likeness (QED) is 0.722. The predicted molar refractivity (Wildman–Crippen MR) is 106 cm³/mol. The summed E-state index contributed by atoms with van der Waals surface area (Å²) < 4.78 is 70.3. The zero-order valence-corrected chi connectivity index (χ0v) is 17.5. The van der Waals surface area contributed by atoms with Crippen molar-refractivity contribution in [3.63, 3.8) is 0 Å². The molecular formula is C19H23FN2O5S2. The van der Waals surface area contributed by atoms with E-state index in [1.54, 1.807) is 18.2 Å². The van der Waals surface area contributed by atoms with E-state index in [0.717, 1.165) is 19.3 Å². The summed E-state index contributed by atoms with van der Waals surface area (Å²) in [7, 11) is -7.11. The fourth-order valence-electron chi connectivity index (χ4n) is 4.07. The van der Waals surface area contributed by atoms with Crippen LogP contribution >= 0.6 is 0 Å². The van der Waals surface area contributed by atoms with Gasteiger partial charge in [-0.2, -0.15) is 4.31 Å². The molecule has 1 aromatic carbocycles. The first-order valence-corrected chi connectivity index (χ1v) is 13.0. The Bertz CT molecular complexity index is 1080. The number of halogens is 1. The van der Waals surface area contributed by atoms with Gasteiger partial charge in [0.1, 0.15) is 11.5 Å². The highest BCUT2D eigenvalue weighted by Crippen LogP contribution is 2.36. The molecular weight excluding hydrogens is 419 g/mol. The van der Waals surface area contributed by atoms with Crippen molar-refractivity contribution in [3.05, 3.63) is 41.8 Å². The van der Waals surface area contributed by atoms with Gasteiger partial charge in [-0.1, -0.05) is 18.0 Å². The van der Waals surface area contributed by atoms with Crippen molar-refractivity contribution in [1.82, 2.24) is 9.46 Å². The molecule has 0 radical (unpaired) electrons. The van der Waals surface area contributed by atoms with Crippen LogP contribution in [-0.4, -0.2) is 49.6 Å². The number of sulfonamides is 1. The van der Waals surface area contributed by atoms with E-state index < -0.39 is 31.2 Å². The van der Waals surface area contributed by atoms with Crippen LogP contribution in [0.15, 0.2) is 34.9 Å². The smallest absolute Gasteiger partial charge is 0.218 e. The van der Waals surface area contributed by atoms with E-state index >= 15 is 0 Å². The zero-order chi connectivity index (χ0) is 20.6. The van der Waals surface area contributed by atoms with Gasteiger partial charge < -0.3 is 4.52 Å². The third kappa shape index (κ3) is 4.24. The molecule has 2 saturated heterocycles. The summed E-state index contributed by atoms with van der Waals surface area (Å²) in [4.78, 5) is 0. The number of benzene rings is 1. The third-order valence-electron chi connectivity index (χ3n) is 5.64. The molecule has 29 heavy (non-hydrogen) atoms. The maximum Gasteiger partial charge on any atom is 0.218 e. The highest BCUT2D eigenvalue weighted by atomic mass is 32.2. The summed E-state index contributed by atoms with van der Waals surface area (Å²) >= 11 is 0. The predicted octanol–water partition coefficient (Wildman–Crippen LogP) is 2.91. The van der Waals surface area contributed by atoms with Crippen LogP contribution < -0.4 is 0 Å². The minimum atomic E-state index is -3.79. The van der Waals surface area contributed by atoms with Gasteiger partial charge in [0.25, 0.3) is 0 Å². The van der Waals surface area contributed by atoms with Gasteiger partial charge in [-0.3, -0.25) is 0 Å². The lowest BCUT2D eigenvalue weighted by Crippen LogP contribution is -2.41. The van der Waals surface area contributed by atoms with Gasteiger partial charge in [0.15, 0.2) is 15.6 Å². The fraction of sp³-hybridized carbons (Fsp3) is 0.526. The zero-order valence-electron chi connectivity index (χ0n) is 15.8. The van der Waals surface area contributed by atoms with E-state index in [1.807, 2.05) is 0 Å². The van der Waals surface area contributed by atoms with Gasteiger partial charge in [-0.15, -0.1) is 0 Å². The van der Waals surface area contributed by atoms with Crippen molar-refractivity contribution in [3.8, 4) is 11.3 Å². The van der Waals surface area contributed by atoms with Crippen LogP contribution in [0.4, 0.5) is 4.39 Å². The van der Waals surface area contributed by atoms with Crippen LogP contribution in [0.25, 0.3) is 11.3 Å². The summed E-state index contributed by atoms with van der Waals surface area (Å²) in [5, 5.41) is 3.20. The van der Waals surface area contributed by atoms with Crippen LogP contribution in [0.5, 0.6) is 0 Å². The van der Waals surface area contributed by atoms with Gasteiger partial charge in [-0.25, -0.2) is 21.2 Å². The topological polar surface area (TPSA) is 97.5 Å². The molecule has 0 bridgehead atoms. The van der Waals surface area contributed by atoms with Crippen molar-refractivity contribution >= 4 is 19.9 Å². The monoisotopic (exact) mass is 442 g/mol. The van der Waals surface area contributed by atoms with Crippen LogP contribution in [-0.2, 0) is 19.9 Å². The largest absolute Gasteiger partial charge is 0.356 e. The first-order chi connectivity index (χ1) is 13.8. The Labute approximate surface area is 169 Å². The fourth-order valence-corrected chi connectivity index (χ4v) is 8.82. The lowest BCUT2D eigenvalue weighted by Gasteiger charge is -2.29. The Kier molecular flexibility index (Phi) is 5.52. The van der Waals surface area contributed by atoms with Crippen molar-refractivity contribution in [2.24, 2.45) is 0 Å². The van der Waals surface area contributed by atoms with Gasteiger partial charge in [-0.05, 0) is 43.5 Å². The molecule has 0 aliphatic carbocycles. The number of hydrogen-bond donors (Lipinski definition) is 0. The van der Waals surface area contributed by atoms with E-state index in [2.05, 4.69) is 5.16 Å². The Balaban J connectivity index is 1.65. The second kappa shape index (κ2) is 7.81. The maximum absolute atomic E-state index is 13.3. The number of nitrogens with zero attached hydrogens (tertiary/aromatic N) is 2. The minimum Gasteiger partial charge on any atom is -0.356 e. The molecule has 2 aliphatic rings. The van der Waals surface area contributed by atoms with Crippen molar-refractivity contribution in [1.29, 1.82) is 0 Å². The first kappa shape index (κ1) is 20.5. The normalized spacial score (nSPS) is 25.7. The molecule has 4 rings (SSSR count). The highest BCUT2D eigenvalue weighted by Gasteiger charge is 2.43. The number of hydrogen-bond acceptors (Lipinski definition) is 6. The van der Waals surface area contributed by atoms with Gasteiger partial charge in [0, 0.05) is 18.2 Å². The highest BCUT2D eigenvalue weighted by molar-refractivity contribution is 7.95. The molecule has 1 aromatic heterocycles. The van der Waals surface area contributed by atoms with E-state index in [0.29, 0.717) is 30.0 Å². The number of aromatic nitrogens is 1. The molecule has 0 unspecified atom stereocenters. The molecule has 2 aromatic rings. The summed E-state index contributed by atoms with van der Waals surface area (Å²) in [6.07, 6.45) is 3.19. The molecule has 2 aliphatic heterocycles. The molecule has 158 valence electrons. The summed E-state index contributed by atoms with van der Waals surface area (Å²) in [6, 6.07) is 6.98. The molecule has 2 fully saturated rings. The third-order valence-corrected chi connectivity index (χ3v) is 9.96. The summed E-state index contributed by atoms with van der Waals surface area (Å²) in [5.74, 6) is -0.335. The number of sulfone groups is 1. The molecule has 7 nitrogen and oxygen atoms in total. The summed E-state index contributed by atoms with van der Waals surface area (Å²) in [5.41, 5.74) is 1.14. The molecule has 0 spiro atoms. The Morgan fingerprint density at radius 1 is 1.10 bits per heavy atom. The van der Waals surface area contributed by atoms with E-state index in [9.17, 15) is 21.2 Å². The molecule has 10 heteroatoms. The first-order valence-electron chi connectivity index (χ1n) is 9.70. The van der Waals surface area contributed by atoms with Crippen molar-refractivity contribution in [2.45, 2.75) is 43.4 Å². The van der Waals surface area contributed by atoms with Crippen molar-refractivity contribution < 1.29 is 25.7 Å². The van der Waals surface area contributed by atoms with Crippen molar-refractivity contribution in [2.75, 3.05) is 18.1 Å². The molecule has 0 saturated carbocycles. The standard InChI is InChI=1S/C19H23FN2O5S2/c20-15-7-5-14(6-8-15)19-12-17(21-27-19)18-4-2-1-3-10-22(18)29(25,26)16-9-11-28(23,24)13-16/h5-8,12,16,18H,1-4,9-11,13H2/t16-,18+/m1/s1. The number of rotatable bonds is 4.